The summed E-state index contributed by atoms with van der Waals surface area (Å²) >= 11 is 0. The second kappa shape index (κ2) is 4.58. The van der Waals surface area contributed by atoms with E-state index in [1.54, 1.807) is 6.92 Å². The average Bonchev–Trinajstić information content (AvgIpc) is 2.81. The minimum Gasteiger partial charge on any atom is -0.476 e. The number of carboxylic acid groups (broad SMARTS) is 1. The summed E-state index contributed by atoms with van der Waals surface area (Å²) in [5.74, 6) is -1.61. The Morgan fingerprint density at radius 1 is 1.50 bits per heavy atom. The molecule has 0 fully saturated rings. The third-order valence-electron chi connectivity index (χ3n) is 2.64. The van der Waals surface area contributed by atoms with Gasteiger partial charge in [0.25, 0.3) is 0 Å². The fourth-order valence-electron chi connectivity index (χ4n) is 1.69. The van der Waals surface area contributed by atoms with Crippen LogP contribution in [0.3, 0.4) is 0 Å². The van der Waals surface area contributed by atoms with Crippen LogP contribution in [-0.4, -0.2) is 26.2 Å². The Balaban J connectivity index is 2.41. The van der Waals surface area contributed by atoms with Crippen molar-refractivity contribution in [2.45, 2.75) is 13.0 Å². The van der Waals surface area contributed by atoms with Crippen molar-refractivity contribution in [2.75, 3.05) is 0 Å². The Kier molecular flexibility index (Phi) is 3.12. The molecule has 1 aromatic heterocycles. The number of nitrogens with zero attached hydrogens (tertiary/aromatic N) is 1. The Hall–Kier alpha value is -2.21. The van der Waals surface area contributed by atoms with Crippen LogP contribution in [0.25, 0.3) is 0 Å². The summed E-state index contributed by atoms with van der Waals surface area (Å²) in [6.07, 6.45) is 0.0103. The predicted molar refractivity (Wildman–Crippen MR) is 60.7 cm³/mol. The summed E-state index contributed by atoms with van der Waals surface area (Å²) in [7, 11) is 0. The van der Waals surface area contributed by atoms with Crippen molar-refractivity contribution in [3.63, 3.8) is 0 Å². The predicted octanol–water partition coefficient (Wildman–Crippen LogP) is 1.64. The molecule has 1 heterocycles. The minimum absolute atomic E-state index is 0.0773. The van der Waals surface area contributed by atoms with E-state index in [1.807, 2.05) is 0 Å². The molecular weight excluding hydrogens is 239 g/mol. The smallest absolute Gasteiger partial charge is 0.356 e. The number of aromatic amines is 1. The molecule has 0 aliphatic carbocycles. The number of H-pyrrole nitrogens is 1. The summed E-state index contributed by atoms with van der Waals surface area (Å²) in [5.41, 5.74) is 0.613. The first-order valence-corrected chi connectivity index (χ1v) is 5.21. The van der Waals surface area contributed by atoms with E-state index in [4.69, 9.17) is 5.11 Å². The van der Waals surface area contributed by atoms with Crippen molar-refractivity contribution in [3.8, 4) is 0 Å². The molecule has 1 atom stereocenters. The molecule has 0 amide bonds. The maximum atomic E-state index is 13.1. The second-order valence-electron chi connectivity index (χ2n) is 3.88. The van der Waals surface area contributed by atoms with Gasteiger partial charge < -0.3 is 15.2 Å². The Bertz CT molecular complexity index is 595. The van der Waals surface area contributed by atoms with Gasteiger partial charge in [-0.15, -0.1) is 0 Å². The molecule has 0 aliphatic heterocycles. The van der Waals surface area contributed by atoms with E-state index in [-0.39, 0.29) is 17.2 Å². The van der Waals surface area contributed by atoms with E-state index >= 15 is 0 Å². The van der Waals surface area contributed by atoms with Gasteiger partial charge in [0.1, 0.15) is 11.9 Å². The number of aliphatic hydroxyl groups excluding tert-OH is 1. The molecule has 1 aromatic carbocycles. The molecule has 5 nitrogen and oxygen atoms in total. The number of rotatable bonds is 3. The number of aromatic nitrogens is 2. The highest BCUT2D eigenvalue weighted by Gasteiger charge is 2.21. The second-order valence-corrected chi connectivity index (χ2v) is 3.88. The maximum Gasteiger partial charge on any atom is 0.356 e. The van der Waals surface area contributed by atoms with Crippen LogP contribution in [0.5, 0.6) is 0 Å². The molecule has 94 valence electrons. The lowest BCUT2D eigenvalue weighted by atomic mass is 10.0. The van der Waals surface area contributed by atoms with E-state index in [9.17, 15) is 14.3 Å². The lowest BCUT2D eigenvalue weighted by Crippen LogP contribution is -2.08. The van der Waals surface area contributed by atoms with Gasteiger partial charge >= 0.3 is 5.97 Å². The van der Waals surface area contributed by atoms with Gasteiger partial charge in [-0.05, 0) is 24.1 Å². The van der Waals surface area contributed by atoms with Crippen LogP contribution in [0.1, 0.15) is 33.4 Å². The number of carbonyl (C=O) groups is 1. The van der Waals surface area contributed by atoms with Gasteiger partial charge in [0.05, 0.1) is 12.0 Å². The summed E-state index contributed by atoms with van der Waals surface area (Å²) in [6, 6.07) is 4.09. The van der Waals surface area contributed by atoms with Crippen molar-refractivity contribution in [3.05, 3.63) is 52.9 Å². The van der Waals surface area contributed by atoms with Crippen LogP contribution in [0.4, 0.5) is 4.39 Å². The summed E-state index contributed by atoms with van der Waals surface area (Å²) < 4.78 is 13.1. The van der Waals surface area contributed by atoms with Crippen molar-refractivity contribution in [2.24, 2.45) is 0 Å². The van der Waals surface area contributed by atoms with Crippen LogP contribution in [0, 0.1) is 12.7 Å². The van der Waals surface area contributed by atoms with Crippen molar-refractivity contribution < 1.29 is 19.4 Å². The van der Waals surface area contributed by atoms with Crippen molar-refractivity contribution in [1.29, 1.82) is 0 Å². The van der Waals surface area contributed by atoms with Gasteiger partial charge in [-0.1, -0.05) is 12.1 Å². The van der Waals surface area contributed by atoms with Gasteiger partial charge in [-0.25, -0.2) is 14.2 Å². The Labute approximate surface area is 102 Å². The lowest BCUT2D eigenvalue weighted by Gasteiger charge is -2.11. The molecule has 0 aliphatic rings. The highest BCUT2D eigenvalue weighted by Crippen LogP contribution is 2.24. The molecular formula is C12H11FN2O3. The molecule has 18 heavy (non-hydrogen) atoms. The highest BCUT2D eigenvalue weighted by atomic mass is 19.1. The molecule has 0 saturated carbocycles. The lowest BCUT2D eigenvalue weighted by molar-refractivity contribution is 0.0685. The average molecular weight is 250 g/mol. The first-order valence-electron chi connectivity index (χ1n) is 5.21. The van der Waals surface area contributed by atoms with Gasteiger partial charge in [-0.3, -0.25) is 0 Å². The number of aryl methyl sites for hydroxylation is 1. The number of hydrogen-bond acceptors (Lipinski definition) is 3. The van der Waals surface area contributed by atoms with Gasteiger partial charge in [0.15, 0.2) is 5.69 Å². The zero-order chi connectivity index (χ0) is 13.3. The number of nitrogens with one attached hydrogen (secondary N) is 1. The SMILES string of the molecule is Cc1cc(C(O)c2[nH]cnc2C(=O)O)ccc1F. The number of aromatic carboxylic acids is 1. The van der Waals surface area contributed by atoms with Gasteiger partial charge in [0, 0.05) is 0 Å². The molecule has 2 rings (SSSR count). The van der Waals surface area contributed by atoms with E-state index in [1.165, 1.54) is 24.5 Å². The van der Waals surface area contributed by atoms with Crippen LogP contribution in [0.2, 0.25) is 0 Å². The Morgan fingerprint density at radius 3 is 2.83 bits per heavy atom. The molecule has 0 spiro atoms. The van der Waals surface area contributed by atoms with Crippen LogP contribution in [-0.2, 0) is 0 Å². The normalized spacial score (nSPS) is 12.4. The first-order chi connectivity index (χ1) is 8.50. The minimum atomic E-state index is -1.23. The molecule has 0 bridgehead atoms. The van der Waals surface area contributed by atoms with E-state index in [0.29, 0.717) is 11.1 Å². The van der Waals surface area contributed by atoms with E-state index < -0.39 is 12.1 Å². The van der Waals surface area contributed by atoms with Gasteiger partial charge in [-0.2, -0.15) is 0 Å². The number of benzene rings is 1. The quantitative estimate of drug-likeness (QED) is 0.772. The molecule has 3 N–H and O–H groups in total. The zero-order valence-corrected chi connectivity index (χ0v) is 9.51. The zero-order valence-electron chi connectivity index (χ0n) is 9.51. The summed E-state index contributed by atoms with van der Waals surface area (Å²) in [6.45, 7) is 1.57. The number of halogens is 1. The van der Waals surface area contributed by atoms with Crippen molar-refractivity contribution in [1.82, 2.24) is 9.97 Å². The maximum absolute atomic E-state index is 13.1. The van der Waals surface area contributed by atoms with Gasteiger partial charge in [0.2, 0.25) is 0 Å². The molecule has 6 heteroatoms. The van der Waals surface area contributed by atoms with Crippen LogP contribution in [0.15, 0.2) is 24.5 Å². The fourth-order valence-corrected chi connectivity index (χ4v) is 1.69. The number of carboxylic acids is 1. The van der Waals surface area contributed by atoms with E-state index in [0.717, 1.165) is 0 Å². The third-order valence-corrected chi connectivity index (χ3v) is 2.64. The molecule has 0 saturated heterocycles. The van der Waals surface area contributed by atoms with Crippen LogP contribution < -0.4 is 0 Å². The van der Waals surface area contributed by atoms with E-state index in [2.05, 4.69) is 9.97 Å². The summed E-state index contributed by atoms with van der Waals surface area (Å²) in [4.78, 5) is 17.1. The fraction of sp³-hybridized carbons (Fsp3) is 0.167. The highest BCUT2D eigenvalue weighted by molar-refractivity contribution is 5.86. The van der Waals surface area contributed by atoms with Crippen molar-refractivity contribution >= 4 is 5.97 Å². The number of aliphatic hydroxyl groups is 1. The molecule has 0 radical (unpaired) electrons. The Morgan fingerprint density at radius 2 is 2.22 bits per heavy atom. The monoisotopic (exact) mass is 250 g/mol. The summed E-state index contributed by atoms with van der Waals surface area (Å²) in [5, 5.41) is 19.0. The standard InChI is InChI=1S/C12H11FN2O3/c1-6-4-7(2-3-8(6)13)11(16)9-10(12(17)18)15-5-14-9/h2-5,11,16H,1H3,(H,14,15)(H,17,18). The number of hydrogen-bond donors (Lipinski definition) is 3. The third kappa shape index (κ3) is 2.10. The first kappa shape index (κ1) is 12.3. The van der Waals surface area contributed by atoms with Crippen LogP contribution >= 0.6 is 0 Å². The largest absolute Gasteiger partial charge is 0.476 e. The molecule has 2 aromatic rings. The molecule has 1 unspecified atom stereocenters. The topological polar surface area (TPSA) is 86.2 Å². The number of imidazole rings is 1.